The van der Waals surface area contributed by atoms with E-state index in [0.717, 1.165) is 6.07 Å². The number of nitro benzene ring substituents is 1. The summed E-state index contributed by atoms with van der Waals surface area (Å²) in [5.41, 5.74) is -0.408. The van der Waals surface area contributed by atoms with Crippen LogP contribution < -0.4 is 5.32 Å². The number of hydrogen-bond acceptors (Lipinski definition) is 4. The zero-order chi connectivity index (χ0) is 17.1. The largest absolute Gasteiger partial charge is 0.481 e. The van der Waals surface area contributed by atoms with E-state index in [1.54, 1.807) is 6.08 Å². The number of benzene rings is 1. The zero-order valence-corrected chi connectivity index (χ0v) is 13.2. The van der Waals surface area contributed by atoms with Crippen molar-refractivity contribution in [2.45, 2.75) is 12.8 Å². The van der Waals surface area contributed by atoms with E-state index in [1.807, 2.05) is 0 Å². The van der Waals surface area contributed by atoms with E-state index in [1.165, 1.54) is 12.1 Å². The van der Waals surface area contributed by atoms with Gasteiger partial charge in [-0.05, 0) is 25.0 Å². The van der Waals surface area contributed by atoms with Crippen LogP contribution in [0.25, 0.3) is 0 Å². The lowest BCUT2D eigenvalue weighted by Gasteiger charge is -2.25. The maximum atomic E-state index is 12.4. The predicted molar refractivity (Wildman–Crippen MR) is 84.5 cm³/mol. The van der Waals surface area contributed by atoms with Gasteiger partial charge in [0.25, 0.3) is 5.69 Å². The number of carbonyl (C=O) groups excluding carboxylic acids is 1. The summed E-state index contributed by atoms with van der Waals surface area (Å²) in [7, 11) is 0. The number of allylic oxidation sites excluding steroid dienone is 2. The fourth-order valence-corrected chi connectivity index (χ4v) is 2.81. The number of halogens is 2. The first-order valence-corrected chi connectivity index (χ1v) is 7.37. The first-order chi connectivity index (χ1) is 10.8. The van der Waals surface area contributed by atoms with E-state index >= 15 is 0 Å². The molecule has 0 heterocycles. The molecule has 0 saturated carbocycles. The molecule has 1 amide bonds. The first kappa shape index (κ1) is 17.2. The lowest BCUT2D eigenvalue weighted by molar-refractivity contribution is -0.383. The van der Waals surface area contributed by atoms with Crippen LogP contribution in [0.15, 0.2) is 29.3 Å². The van der Waals surface area contributed by atoms with Crippen molar-refractivity contribution in [3.8, 4) is 0 Å². The third kappa shape index (κ3) is 4.00. The van der Waals surface area contributed by atoms with Gasteiger partial charge in [0.2, 0.25) is 5.91 Å². The molecule has 1 aliphatic carbocycles. The lowest BCUT2D eigenvalue weighted by Crippen LogP contribution is -2.35. The SMILES string of the molecule is O=C(Nc1ccc(Cl)cc1[N+](=O)[O-])[C@H]1CC(Cl)=CC[C@H]1C(=O)O. The van der Waals surface area contributed by atoms with Crippen molar-refractivity contribution in [3.63, 3.8) is 0 Å². The zero-order valence-electron chi connectivity index (χ0n) is 11.7. The van der Waals surface area contributed by atoms with Crippen LogP contribution in [0, 0.1) is 22.0 Å². The molecule has 1 aromatic carbocycles. The lowest BCUT2D eigenvalue weighted by atomic mass is 9.82. The molecule has 0 unspecified atom stereocenters. The Kier molecular flexibility index (Phi) is 5.23. The van der Waals surface area contributed by atoms with Crippen LogP contribution in [0.3, 0.4) is 0 Å². The summed E-state index contributed by atoms with van der Waals surface area (Å²) in [6.07, 6.45) is 1.77. The second-order valence-corrected chi connectivity index (χ2v) is 5.97. The Hall–Kier alpha value is -2.12. The van der Waals surface area contributed by atoms with Crippen molar-refractivity contribution in [1.29, 1.82) is 0 Å². The molecule has 1 aromatic rings. The molecule has 0 bridgehead atoms. The molecule has 122 valence electrons. The molecule has 2 N–H and O–H groups in total. The average Bonchev–Trinajstić information content (AvgIpc) is 2.48. The third-order valence-corrected chi connectivity index (χ3v) is 4.11. The Balaban J connectivity index is 2.26. The molecule has 0 aromatic heterocycles. The second kappa shape index (κ2) is 6.97. The van der Waals surface area contributed by atoms with Gasteiger partial charge in [0.05, 0.1) is 16.8 Å². The van der Waals surface area contributed by atoms with E-state index in [2.05, 4.69) is 5.32 Å². The molecule has 0 radical (unpaired) electrons. The van der Waals surface area contributed by atoms with Crippen molar-refractivity contribution in [1.82, 2.24) is 0 Å². The minimum Gasteiger partial charge on any atom is -0.481 e. The Morgan fingerprint density at radius 3 is 2.61 bits per heavy atom. The number of amides is 1. The third-order valence-electron chi connectivity index (χ3n) is 3.56. The quantitative estimate of drug-likeness (QED) is 0.632. The van der Waals surface area contributed by atoms with Gasteiger partial charge in [0.15, 0.2) is 0 Å². The Morgan fingerprint density at radius 1 is 1.30 bits per heavy atom. The highest BCUT2D eigenvalue weighted by Crippen LogP contribution is 2.34. The van der Waals surface area contributed by atoms with Crippen molar-refractivity contribution < 1.29 is 19.6 Å². The summed E-state index contributed by atoms with van der Waals surface area (Å²) >= 11 is 11.6. The minimum absolute atomic E-state index is 0.0424. The number of aliphatic carboxylic acids is 1. The normalized spacial score (nSPS) is 20.5. The molecule has 1 aliphatic rings. The molecule has 0 spiro atoms. The van der Waals surface area contributed by atoms with Gasteiger partial charge in [0, 0.05) is 16.1 Å². The number of nitrogens with zero attached hydrogens (tertiary/aromatic N) is 1. The summed E-state index contributed by atoms with van der Waals surface area (Å²) in [5.74, 6) is -3.57. The Bertz CT molecular complexity index is 704. The molecule has 0 saturated heterocycles. The van der Waals surface area contributed by atoms with Gasteiger partial charge in [-0.15, -0.1) is 0 Å². The summed E-state index contributed by atoms with van der Waals surface area (Å²) in [5, 5.41) is 23.2. The maximum Gasteiger partial charge on any atom is 0.307 e. The molecule has 23 heavy (non-hydrogen) atoms. The fraction of sp³-hybridized carbons (Fsp3) is 0.286. The van der Waals surface area contributed by atoms with E-state index in [9.17, 15) is 24.8 Å². The Labute approximate surface area is 141 Å². The number of carbonyl (C=O) groups is 2. The summed E-state index contributed by atoms with van der Waals surface area (Å²) < 4.78 is 0. The van der Waals surface area contributed by atoms with Gasteiger partial charge >= 0.3 is 5.97 Å². The molecule has 0 fully saturated rings. The van der Waals surface area contributed by atoms with Gasteiger partial charge in [-0.1, -0.05) is 29.3 Å². The minimum atomic E-state index is -1.11. The van der Waals surface area contributed by atoms with Crippen LogP contribution in [0.4, 0.5) is 11.4 Å². The number of carboxylic acids is 1. The molecule has 9 heteroatoms. The number of anilines is 1. The van der Waals surface area contributed by atoms with Crippen LogP contribution >= 0.6 is 23.2 Å². The van der Waals surface area contributed by atoms with Crippen LogP contribution in [0.2, 0.25) is 5.02 Å². The number of nitro groups is 1. The van der Waals surface area contributed by atoms with Crippen LogP contribution in [-0.4, -0.2) is 21.9 Å². The molecular formula is C14H12Cl2N2O5. The summed E-state index contributed by atoms with van der Waals surface area (Å²) in [6.45, 7) is 0. The highest BCUT2D eigenvalue weighted by atomic mass is 35.5. The highest BCUT2D eigenvalue weighted by Gasteiger charge is 2.36. The van der Waals surface area contributed by atoms with Crippen LogP contribution in [0.5, 0.6) is 0 Å². The average molecular weight is 359 g/mol. The van der Waals surface area contributed by atoms with E-state index in [-0.39, 0.29) is 29.2 Å². The molecule has 2 atom stereocenters. The van der Waals surface area contributed by atoms with E-state index in [0.29, 0.717) is 5.03 Å². The molecule has 0 aliphatic heterocycles. The molecular weight excluding hydrogens is 347 g/mol. The van der Waals surface area contributed by atoms with Crippen molar-refractivity contribution >= 4 is 46.5 Å². The highest BCUT2D eigenvalue weighted by molar-refractivity contribution is 6.31. The topological polar surface area (TPSA) is 110 Å². The van der Waals surface area contributed by atoms with Crippen LogP contribution in [0.1, 0.15) is 12.8 Å². The second-order valence-electron chi connectivity index (χ2n) is 5.05. The monoisotopic (exact) mass is 358 g/mol. The number of hydrogen-bond donors (Lipinski definition) is 2. The number of carboxylic acid groups (broad SMARTS) is 1. The standard InChI is InChI=1S/C14H12Cl2N2O5/c15-7-1-3-9(14(20)21)10(5-7)13(19)17-11-4-2-8(16)6-12(11)18(22)23/h1-2,4,6,9-10H,3,5H2,(H,17,19)(H,20,21)/t9-,10+/m1/s1. The van der Waals surface area contributed by atoms with Gasteiger partial charge in [0.1, 0.15) is 5.69 Å². The fourth-order valence-electron chi connectivity index (χ4n) is 2.39. The molecule has 2 rings (SSSR count). The van der Waals surface area contributed by atoms with Crippen molar-refractivity contribution in [3.05, 3.63) is 44.4 Å². The predicted octanol–water partition coefficient (Wildman–Crippen LogP) is 3.42. The summed E-state index contributed by atoms with van der Waals surface area (Å²) in [6, 6.07) is 3.81. The first-order valence-electron chi connectivity index (χ1n) is 6.61. The van der Waals surface area contributed by atoms with E-state index in [4.69, 9.17) is 23.2 Å². The van der Waals surface area contributed by atoms with Crippen molar-refractivity contribution in [2.75, 3.05) is 5.32 Å². The van der Waals surface area contributed by atoms with Gasteiger partial charge in [-0.3, -0.25) is 19.7 Å². The van der Waals surface area contributed by atoms with Crippen molar-refractivity contribution in [2.24, 2.45) is 11.8 Å². The van der Waals surface area contributed by atoms with E-state index < -0.39 is 28.6 Å². The molecule has 7 nitrogen and oxygen atoms in total. The Morgan fingerprint density at radius 2 is 2.00 bits per heavy atom. The van der Waals surface area contributed by atoms with Gasteiger partial charge < -0.3 is 10.4 Å². The smallest absolute Gasteiger partial charge is 0.307 e. The van der Waals surface area contributed by atoms with Gasteiger partial charge in [-0.25, -0.2) is 0 Å². The maximum absolute atomic E-state index is 12.4. The summed E-state index contributed by atoms with van der Waals surface area (Å²) in [4.78, 5) is 34.0. The number of nitrogens with one attached hydrogen (secondary N) is 1. The number of rotatable bonds is 4. The van der Waals surface area contributed by atoms with Gasteiger partial charge in [-0.2, -0.15) is 0 Å². The van der Waals surface area contributed by atoms with Crippen LogP contribution in [-0.2, 0) is 9.59 Å².